The van der Waals surface area contributed by atoms with Crippen molar-refractivity contribution in [2.24, 2.45) is 0 Å². The molecule has 0 aromatic carbocycles. The quantitative estimate of drug-likeness (QED) is 0.298. The van der Waals surface area contributed by atoms with E-state index >= 15 is 0 Å². The van der Waals surface area contributed by atoms with Crippen molar-refractivity contribution in [2.45, 2.75) is 4.83 Å². The molecule has 0 aromatic rings. The third-order valence-electron chi connectivity index (χ3n) is 0.709. The minimum Gasteiger partial charge on any atom is -0.392 e. The average molecular weight is 178 g/mol. The van der Waals surface area contributed by atoms with Crippen molar-refractivity contribution in [3.8, 4) is 0 Å². The number of alkyl halides is 1. The molecule has 0 saturated carbocycles. The highest BCUT2D eigenvalue weighted by Gasteiger charge is 2.31. The van der Waals surface area contributed by atoms with Crippen LogP contribution in [0.1, 0.15) is 0 Å². The fourth-order valence-electron chi connectivity index (χ4n) is 0.377. The van der Waals surface area contributed by atoms with Crippen LogP contribution in [0, 0.1) is 6.42 Å². The van der Waals surface area contributed by atoms with Gasteiger partial charge in [0.2, 0.25) is 0 Å². The largest absolute Gasteiger partial charge is 0.392 e. The van der Waals surface area contributed by atoms with E-state index in [2.05, 4.69) is 20.7 Å². The van der Waals surface area contributed by atoms with Crippen molar-refractivity contribution in [1.29, 1.82) is 0 Å². The highest BCUT2D eigenvalue weighted by molar-refractivity contribution is 9.10. The fraction of sp³-hybridized carbons (Fsp3) is 0.250. The van der Waals surface area contributed by atoms with Crippen molar-refractivity contribution in [3.63, 3.8) is 0 Å². The molecule has 0 N–H and O–H groups in total. The van der Waals surface area contributed by atoms with Crippen LogP contribution in [0.5, 0.6) is 0 Å². The second-order valence-electron chi connectivity index (χ2n) is 1.31. The summed E-state index contributed by atoms with van der Waals surface area (Å²) in [7, 11) is 0. The lowest BCUT2D eigenvalue weighted by molar-refractivity contribution is -0.150. The molecule has 1 fully saturated rings. The second kappa shape index (κ2) is 1.85. The predicted molar refractivity (Wildman–Crippen MR) is 28.1 cm³/mol. The van der Waals surface area contributed by atoms with Gasteiger partial charge in [-0.3, -0.25) is 9.59 Å². The first-order valence-electron chi connectivity index (χ1n) is 1.95. The van der Waals surface area contributed by atoms with Crippen LogP contribution in [0.15, 0.2) is 0 Å². The number of hydrogen-bond acceptors (Lipinski definition) is 3. The third kappa shape index (κ3) is 0.888. The summed E-state index contributed by atoms with van der Waals surface area (Å²) in [6, 6.07) is 0. The van der Waals surface area contributed by atoms with Gasteiger partial charge < -0.3 is 4.74 Å². The summed E-state index contributed by atoms with van der Waals surface area (Å²) < 4.78 is 4.09. The summed E-state index contributed by atoms with van der Waals surface area (Å²) in [5.41, 5.74) is 0. The maximum Gasteiger partial charge on any atom is 0.328 e. The Balaban J connectivity index is 2.64. The monoisotopic (exact) mass is 177 g/mol. The number of carbonyl (C=O) groups is 2. The molecule has 0 amide bonds. The van der Waals surface area contributed by atoms with Gasteiger partial charge in [0.05, 0.1) is 6.42 Å². The van der Waals surface area contributed by atoms with Gasteiger partial charge in [-0.25, -0.2) is 0 Å². The number of esters is 2. The van der Waals surface area contributed by atoms with Gasteiger partial charge >= 0.3 is 11.9 Å². The van der Waals surface area contributed by atoms with Gasteiger partial charge in [-0.2, -0.15) is 0 Å². The molecule has 0 bridgehead atoms. The highest BCUT2D eigenvalue weighted by Crippen LogP contribution is 2.14. The van der Waals surface area contributed by atoms with E-state index in [0.29, 0.717) is 0 Å². The minimum absolute atomic E-state index is 0.532. The van der Waals surface area contributed by atoms with Gasteiger partial charge in [0.25, 0.3) is 0 Å². The first-order valence-corrected chi connectivity index (χ1v) is 2.86. The van der Waals surface area contributed by atoms with Crippen LogP contribution in [-0.4, -0.2) is 16.8 Å². The molecular weight excluding hydrogens is 176 g/mol. The van der Waals surface area contributed by atoms with Crippen LogP contribution in [-0.2, 0) is 14.3 Å². The molecule has 1 aliphatic heterocycles. The maximum atomic E-state index is 10.3. The fourth-order valence-corrected chi connectivity index (χ4v) is 0.686. The van der Waals surface area contributed by atoms with Gasteiger partial charge in [0, 0.05) is 0 Å². The van der Waals surface area contributed by atoms with E-state index in [1.165, 1.54) is 6.42 Å². The van der Waals surface area contributed by atoms with Gasteiger partial charge in [-0.15, -0.1) is 0 Å². The third-order valence-corrected chi connectivity index (χ3v) is 1.35. The molecule has 0 aliphatic carbocycles. The van der Waals surface area contributed by atoms with E-state index in [9.17, 15) is 9.59 Å². The molecule has 1 aliphatic rings. The van der Waals surface area contributed by atoms with Crippen molar-refractivity contribution in [2.75, 3.05) is 0 Å². The number of rotatable bonds is 0. The molecular formula is C4H2BrO3. The molecule has 3 nitrogen and oxygen atoms in total. The van der Waals surface area contributed by atoms with Gasteiger partial charge in [-0.1, -0.05) is 15.9 Å². The van der Waals surface area contributed by atoms with Gasteiger partial charge in [0.15, 0.2) is 0 Å². The van der Waals surface area contributed by atoms with Crippen LogP contribution < -0.4 is 0 Å². The molecule has 1 unspecified atom stereocenters. The summed E-state index contributed by atoms with van der Waals surface area (Å²) in [4.78, 5) is 19.9. The number of halogens is 1. The highest BCUT2D eigenvalue weighted by atomic mass is 79.9. The summed E-state index contributed by atoms with van der Waals surface area (Å²) in [5.74, 6) is -1.10. The van der Waals surface area contributed by atoms with Crippen molar-refractivity contribution in [1.82, 2.24) is 0 Å². The molecule has 1 radical (unpaired) electrons. The normalized spacial score (nSPS) is 28.4. The van der Waals surface area contributed by atoms with Crippen molar-refractivity contribution >= 4 is 27.9 Å². The van der Waals surface area contributed by atoms with E-state index < -0.39 is 16.8 Å². The standard InChI is InChI=1S/C4H2BrO3/c5-2-1-3(6)8-4(2)7/h1-2H. The average Bonchev–Trinajstić information content (AvgIpc) is 1.85. The Kier molecular flexibility index (Phi) is 1.33. The zero-order valence-corrected chi connectivity index (χ0v) is 5.34. The smallest absolute Gasteiger partial charge is 0.328 e. The van der Waals surface area contributed by atoms with Crippen molar-refractivity contribution < 1.29 is 14.3 Å². The molecule has 4 heteroatoms. The van der Waals surface area contributed by atoms with Crippen LogP contribution in [0.25, 0.3) is 0 Å². The predicted octanol–water partition coefficient (Wildman–Crippen LogP) is 0.0376. The number of cyclic esters (lactones) is 2. The molecule has 1 saturated heterocycles. The molecule has 1 atom stereocenters. The van der Waals surface area contributed by atoms with Crippen LogP contribution >= 0.6 is 15.9 Å². The Labute approximate surface area is 54.1 Å². The molecule has 43 valence electrons. The Morgan fingerprint density at radius 1 is 1.62 bits per heavy atom. The Morgan fingerprint density at radius 3 is 2.38 bits per heavy atom. The topological polar surface area (TPSA) is 43.4 Å². The molecule has 0 spiro atoms. The number of ether oxygens (including phenoxy) is 1. The van der Waals surface area contributed by atoms with Gasteiger partial charge in [-0.05, 0) is 0 Å². The van der Waals surface area contributed by atoms with E-state index in [4.69, 9.17) is 0 Å². The molecule has 0 aromatic heterocycles. The van der Waals surface area contributed by atoms with Crippen molar-refractivity contribution in [3.05, 3.63) is 6.42 Å². The van der Waals surface area contributed by atoms with E-state index in [0.717, 1.165) is 0 Å². The van der Waals surface area contributed by atoms with E-state index in [1.54, 1.807) is 0 Å². The lowest BCUT2D eigenvalue weighted by Crippen LogP contribution is -2.04. The molecule has 1 heterocycles. The first kappa shape index (κ1) is 5.75. The van der Waals surface area contributed by atoms with Crippen LogP contribution in [0.3, 0.4) is 0 Å². The summed E-state index contributed by atoms with van der Waals surface area (Å²) in [6.07, 6.45) is 1.17. The van der Waals surface area contributed by atoms with E-state index in [-0.39, 0.29) is 0 Å². The zero-order valence-electron chi connectivity index (χ0n) is 3.76. The van der Waals surface area contributed by atoms with E-state index in [1.807, 2.05) is 0 Å². The zero-order chi connectivity index (χ0) is 6.15. The summed E-state index contributed by atoms with van der Waals surface area (Å²) in [6.45, 7) is 0. The Bertz CT molecular complexity index is 142. The SMILES string of the molecule is O=C1[CH]C(Br)C(=O)O1. The first-order chi connectivity index (χ1) is 3.70. The molecule has 1 rings (SSSR count). The number of hydrogen-bond donors (Lipinski definition) is 0. The second-order valence-corrected chi connectivity index (χ2v) is 2.30. The minimum atomic E-state index is -0.572. The lowest BCUT2D eigenvalue weighted by atomic mass is 10.4. The lowest BCUT2D eigenvalue weighted by Gasteiger charge is -1.84. The Morgan fingerprint density at radius 2 is 2.25 bits per heavy atom. The molecule has 8 heavy (non-hydrogen) atoms. The Hall–Kier alpha value is -0.380. The van der Waals surface area contributed by atoms with Gasteiger partial charge in [0.1, 0.15) is 4.83 Å². The summed E-state index contributed by atoms with van der Waals surface area (Å²) in [5, 5.41) is 0. The maximum absolute atomic E-state index is 10.3. The summed E-state index contributed by atoms with van der Waals surface area (Å²) >= 11 is 2.89. The van der Waals surface area contributed by atoms with Crippen LogP contribution in [0.2, 0.25) is 0 Å². The van der Waals surface area contributed by atoms with Crippen LogP contribution in [0.4, 0.5) is 0 Å². The number of carbonyl (C=O) groups excluding carboxylic acids is 2.